The second-order valence-electron chi connectivity index (χ2n) is 12.4. The van der Waals surface area contributed by atoms with Crippen molar-refractivity contribution in [1.29, 1.82) is 0 Å². The van der Waals surface area contributed by atoms with Gasteiger partial charge in [-0.25, -0.2) is 0 Å². The largest absolute Gasteiger partial charge is 0.333 e. The molecule has 8 heteroatoms. The van der Waals surface area contributed by atoms with Crippen LogP contribution in [0.25, 0.3) is 12.2 Å². The van der Waals surface area contributed by atoms with Crippen molar-refractivity contribution in [2.24, 2.45) is 0 Å². The monoisotopic (exact) mass is 656 g/mol. The van der Waals surface area contributed by atoms with Crippen LogP contribution in [0.4, 0.5) is 11.4 Å². The third kappa shape index (κ3) is 10.5. The molecule has 49 heavy (non-hydrogen) atoms. The summed E-state index contributed by atoms with van der Waals surface area (Å²) in [6.45, 7) is 3.10. The summed E-state index contributed by atoms with van der Waals surface area (Å²) >= 11 is 0. The maximum Gasteiger partial charge on any atom is 0.247 e. The molecule has 0 aromatic heterocycles. The smallest absolute Gasteiger partial charge is 0.247 e. The number of benzene rings is 4. The van der Waals surface area contributed by atoms with Crippen LogP contribution in [0.15, 0.2) is 109 Å². The number of amides is 4. The van der Waals surface area contributed by atoms with Crippen LogP contribution in [0.1, 0.15) is 54.9 Å². The average Bonchev–Trinajstić information content (AvgIpc) is 3.12. The molecule has 4 aromatic rings. The van der Waals surface area contributed by atoms with E-state index >= 15 is 0 Å². The van der Waals surface area contributed by atoms with Crippen LogP contribution in [0.5, 0.6) is 0 Å². The molecule has 0 unspecified atom stereocenters. The highest BCUT2D eigenvalue weighted by Crippen LogP contribution is 2.21. The number of hydrogen-bond acceptors (Lipinski definition) is 4. The molecule has 0 spiro atoms. The number of carbonyl (C=O) groups is 4. The zero-order valence-corrected chi connectivity index (χ0v) is 28.0. The molecule has 1 aliphatic heterocycles. The summed E-state index contributed by atoms with van der Waals surface area (Å²) in [5.41, 5.74) is 5.13. The summed E-state index contributed by atoms with van der Waals surface area (Å²) in [5.74, 6) is -0.485. The molecule has 252 valence electrons. The van der Waals surface area contributed by atoms with Crippen molar-refractivity contribution in [3.63, 3.8) is 0 Å². The Balaban J connectivity index is 1.10. The summed E-state index contributed by atoms with van der Waals surface area (Å²) in [6.07, 6.45) is 7.75. The van der Waals surface area contributed by atoms with E-state index in [4.69, 9.17) is 0 Å². The number of rotatable bonds is 13. The number of carbonyl (C=O) groups excluding carboxylic acids is 4. The zero-order chi connectivity index (χ0) is 34.4. The highest BCUT2D eigenvalue weighted by Gasteiger charge is 2.32. The molecule has 1 saturated heterocycles. The van der Waals surface area contributed by atoms with E-state index in [0.29, 0.717) is 37.3 Å². The SMILES string of the molecule is CCCN(CC(=O)Nc1ccc(/C=C/c2ccc(NC(=O)[C@@H]3CCCCN3C(=O)Cc3ccccc3)cc2)cc1)C(=O)Cc1ccccc1. The van der Waals surface area contributed by atoms with Gasteiger partial charge < -0.3 is 20.4 Å². The predicted molar refractivity (Wildman–Crippen MR) is 196 cm³/mol. The number of nitrogens with zero attached hydrogens (tertiary/aromatic N) is 2. The summed E-state index contributed by atoms with van der Waals surface area (Å²) in [4.78, 5) is 55.3. The fourth-order valence-corrected chi connectivity index (χ4v) is 5.97. The van der Waals surface area contributed by atoms with Crippen LogP contribution in [0.3, 0.4) is 0 Å². The fraction of sp³-hybridized carbons (Fsp3) is 0.268. The van der Waals surface area contributed by atoms with E-state index in [0.717, 1.165) is 41.5 Å². The Morgan fingerprint density at radius 3 is 1.84 bits per heavy atom. The topological polar surface area (TPSA) is 98.8 Å². The van der Waals surface area contributed by atoms with E-state index in [1.54, 1.807) is 9.80 Å². The molecule has 1 atom stereocenters. The summed E-state index contributed by atoms with van der Waals surface area (Å²) in [7, 11) is 0. The lowest BCUT2D eigenvalue weighted by atomic mass is 9.99. The standard InChI is InChI=1S/C41H44N4O4/c1-2-26-44(39(47)28-33-11-5-3-6-12-33)30-38(46)42-35-22-18-31(19-23-35)16-17-32-20-24-36(25-21-32)43-41(49)37-15-9-10-27-45(37)40(48)29-34-13-7-4-8-14-34/h3-8,11-14,16-25,37H,2,9-10,15,26-30H2,1H3,(H,42,46)(H,43,49)/b17-16+/t37-/m0/s1. The van der Waals surface area contributed by atoms with Crippen molar-refractivity contribution < 1.29 is 19.2 Å². The van der Waals surface area contributed by atoms with Crippen molar-refractivity contribution in [2.75, 3.05) is 30.3 Å². The van der Waals surface area contributed by atoms with E-state index in [-0.39, 0.29) is 36.6 Å². The van der Waals surface area contributed by atoms with Crippen LogP contribution < -0.4 is 10.6 Å². The first-order valence-electron chi connectivity index (χ1n) is 17.0. The number of likely N-dealkylation sites (tertiary alicyclic amines) is 1. The van der Waals surface area contributed by atoms with Crippen molar-refractivity contribution in [3.8, 4) is 0 Å². The summed E-state index contributed by atoms with van der Waals surface area (Å²) in [6, 6.07) is 33.8. The Labute approximate surface area is 288 Å². The van der Waals surface area contributed by atoms with Gasteiger partial charge in [-0.15, -0.1) is 0 Å². The lowest BCUT2D eigenvalue weighted by Crippen LogP contribution is -2.50. The quantitative estimate of drug-likeness (QED) is 0.154. The molecular weight excluding hydrogens is 612 g/mol. The van der Waals surface area contributed by atoms with Gasteiger partial charge in [-0.1, -0.05) is 104 Å². The highest BCUT2D eigenvalue weighted by molar-refractivity contribution is 5.98. The van der Waals surface area contributed by atoms with Crippen LogP contribution >= 0.6 is 0 Å². The van der Waals surface area contributed by atoms with Gasteiger partial charge in [0.2, 0.25) is 23.6 Å². The van der Waals surface area contributed by atoms with Gasteiger partial charge in [0.1, 0.15) is 6.04 Å². The van der Waals surface area contributed by atoms with Gasteiger partial charge in [0, 0.05) is 24.5 Å². The first-order chi connectivity index (χ1) is 23.9. The lowest BCUT2D eigenvalue weighted by Gasteiger charge is -2.34. The Kier molecular flexibility index (Phi) is 12.5. The summed E-state index contributed by atoms with van der Waals surface area (Å²) < 4.78 is 0. The molecule has 8 nitrogen and oxygen atoms in total. The highest BCUT2D eigenvalue weighted by atomic mass is 16.2. The number of piperidine rings is 1. The molecule has 4 aromatic carbocycles. The minimum Gasteiger partial charge on any atom is -0.333 e. The first kappa shape index (κ1) is 34.8. The van der Waals surface area contributed by atoms with Gasteiger partial charge in [0.15, 0.2) is 0 Å². The Morgan fingerprint density at radius 2 is 1.27 bits per heavy atom. The van der Waals surface area contributed by atoms with E-state index in [2.05, 4.69) is 10.6 Å². The zero-order valence-electron chi connectivity index (χ0n) is 28.0. The molecular formula is C41H44N4O4. The lowest BCUT2D eigenvalue weighted by molar-refractivity contribution is -0.139. The minimum atomic E-state index is -0.477. The van der Waals surface area contributed by atoms with E-state index in [9.17, 15) is 19.2 Å². The molecule has 0 radical (unpaired) electrons. The normalized spacial score (nSPS) is 14.3. The molecule has 2 N–H and O–H groups in total. The maximum absolute atomic E-state index is 13.2. The maximum atomic E-state index is 13.2. The van der Waals surface area contributed by atoms with Gasteiger partial charge in [-0.3, -0.25) is 19.2 Å². The molecule has 1 heterocycles. The number of nitrogens with one attached hydrogen (secondary N) is 2. The number of hydrogen-bond donors (Lipinski definition) is 2. The minimum absolute atomic E-state index is 0.00288. The van der Waals surface area contributed by atoms with Gasteiger partial charge in [0.25, 0.3) is 0 Å². The molecule has 4 amide bonds. The molecule has 5 rings (SSSR count). The molecule has 1 aliphatic rings. The second-order valence-corrected chi connectivity index (χ2v) is 12.4. The van der Waals surface area contributed by atoms with Crippen LogP contribution in [0.2, 0.25) is 0 Å². The van der Waals surface area contributed by atoms with Crippen molar-refractivity contribution in [1.82, 2.24) is 9.80 Å². The van der Waals surface area contributed by atoms with Gasteiger partial charge in [0.05, 0.1) is 19.4 Å². The molecule has 0 saturated carbocycles. The fourth-order valence-electron chi connectivity index (χ4n) is 5.97. The molecule has 0 aliphatic carbocycles. The third-order valence-corrected chi connectivity index (χ3v) is 8.54. The first-order valence-corrected chi connectivity index (χ1v) is 17.0. The molecule has 1 fully saturated rings. The third-order valence-electron chi connectivity index (χ3n) is 8.54. The van der Waals surface area contributed by atoms with Crippen LogP contribution in [-0.2, 0) is 32.0 Å². The number of anilines is 2. The Bertz CT molecular complexity index is 1720. The van der Waals surface area contributed by atoms with Crippen LogP contribution in [0, 0.1) is 0 Å². The Morgan fingerprint density at radius 1 is 0.714 bits per heavy atom. The Hall–Kier alpha value is -5.50. The van der Waals surface area contributed by atoms with Gasteiger partial charge >= 0.3 is 0 Å². The second kappa shape index (κ2) is 17.6. The van der Waals surface area contributed by atoms with Gasteiger partial charge in [-0.05, 0) is 72.2 Å². The van der Waals surface area contributed by atoms with Crippen molar-refractivity contribution in [3.05, 3.63) is 131 Å². The molecule has 0 bridgehead atoms. The van der Waals surface area contributed by atoms with Crippen LogP contribution in [-0.4, -0.2) is 59.1 Å². The predicted octanol–water partition coefficient (Wildman–Crippen LogP) is 6.84. The van der Waals surface area contributed by atoms with Gasteiger partial charge in [-0.2, -0.15) is 0 Å². The van der Waals surface area contributed by atoms with E-state index in [1.165, 1.54) is 0 Å². The average molecular weight is 657 g/mol. The summed E-state index contributed by atoms with van der Waals surface area (Å²) in [5, 5.41) is 5.91. The van der Waals surface area contributed by atoms with E-state index in [1.807, 2.05) is 128 Å². The van der Waals surface area contributed by atoms with Crippen molar-refractivity contribution in [2.45, 2.75) is 51.5 Å². The van der Waals surface area contributed by atoms with Crippen molar-refractivity contribution >= 4 is 47.2 Å². The van der Waals surface area contributed by atoms with E-state index < -0.39 is 6.04 Å².